The van der Waals surface area contributed by atoms with E-state index in [0.717, 1.165) is 5.65 Å². The first-order chi connectivity index (χ1) is 10.1. The van der Waals surface area contributed by atoms with Crippen molar-refractivity contribution in [1.82, 2.24) is 14.6 Å². The summed E-state index contributed by atoms with van der Waals surface area (Å²) in [7, 11) is 0. The summed E-state index contributed by atoms with van der Waals surface area (Å²) in [6.07, 6.45) is 1.85. The van der Waals surface area contributed by atoms with E-state index in [1.54, 1.807) is 6.07 Å². The average Bonchev–Trinajstić information content (AvgIpc) is 2.89. The van der Waals surface area contributed by atoms with Crippen molar-refractivity contribution in [3.8, 4) is 0 Å². The van der Waals surface area contributed by atoms with Crippen LogP contribution in [0.2, 0.25) is 0 Å². The lowest BCUT2D eigenvalue weighted by molar-refractivity contribution is 0.0692. The van der Waals surface area contributed by atoms with Gasteiger partial charge in [0.1, 0.15) is 5.82 Å². The van der Waals surface area contributed by atoms with Gasteiger partial charge in [0, 0.05) is 11.9 Å². The number of nitrogens with zero attached hydrogens (tertiary/aromatic N) is 3. The van der Waals surface area contributed by atoms with E-state index in [1.165, 1.54) is 23.9 Å². The lowest BCUT2D eigenvalue weighted by Gasteiger charge is -2.03. The van der Waals surface area contributed by atoms with Crippen LogP contribution in [0.5, 0.6) is 0 Å². The number of hydrogen-bond acceptors (Lipinski definition) is 4. The van der Waals surface area contributed by atoms with Gasteiger partial charge in [-0.25, -0.2) is 9.18 Å². The molecule has 0 spiro atoms. The smallest absolute Gasteiger partial charge is 0.338 e. The van der Waals surface area contributed by atoms with Gasteiger partial charge < -0.3 is 5.11 Å². The van der Waals surface area contributed by atoms with Crippen molar-refractivity contribution < 1.29 is 14.3 Å². The minimum Gasteiger partial charge on any atom is -0.478 e. The van der Waals surface area contributed by atoms with E-state index in [1.807, 2.05) is 28.8 Å². The van der Waals surface area contributed by atoms with Gasteiger partial charge in [0.05, 0.1) is 5.56 Å². The quantitative estimate of drug-likeness (QED) is 0.751. The highest BCUT2D eigenvalue weighted by Gasteiger charge is 2.12. The van der Waals surface area contributed by atoms with E-state index in [2.05, 4.69) is 10.2 Å². The zero-order valence-electron chi connectivity index (χ0n) is 10.7. The summed E-state index contributed by atoms with van der Waals surface area (Å²) in [6, 6.07) is 9.67. The van der Waals surface area contributed by atoms with Crippen LogP contribution in [-0.4, -0.2) is 25.7 Å². The molecule has 0 aliphatic rings. The van der Waals surface area contributed by atoms with Crippen molar-refractivity contribution in [2.24, 2.45) is 0 Å². The molecular weight excluding hydrogens is 293 g/mol. The largest absolute Gasteiger partial charge is 0.478 e. The third-order valence-corrected chi connectivity index (χ3v) is 3.93. The number of rotatable bonds is 4. The number of thioether (sulfide) groups is 1. The molecule has 0 atom stereocenters. The van der Waals surface area contributed by atoms with Crippen LogP contribution in [-0.2, 0) is 5.75 Å². The third kappa shape index (κ3) is 2.73. The molecule has 1 N–H and O–H groups in total. The fraction of sp³-hybridized carbons (Fsp3) is 0.0714. The van der Waals surface area contributed by atoms with Crippen molar-refractivity contribution in [3.05, 3.63) is 59.5 Å². The molecule has 0 saturated heterocycles. The van der Waals surface area contributed by atoms with Gasteiger partial charge in [0.25, 0.3) is 0 Å². The first-order valence-electron chi connectivity index (χ1n) is 6.09. The summed E-state index contributed by atoms with van der Waals surface area (Å²) in [5, 5.41) is 17.7. The Morgan fingerprint density at radius 3 is 2.95 bits per heavy atom. The monoisotopic (exact) mass is 303 g/mol. The Morgan fingerprint density at radius 2 is 2.14 bits per heavy atom. The molecule has 1 aromatic carbocycles. The number of carbonyl (C=O) groups is 1. The molecule has 5 nitrogen and oxygen atoms in total. The van der Waals surface area contributed by atoms with Crippen LogP contribution in [0.1, 0.15) is 15.9 Å². The molecule has 2 heterocycles. The zero-order chi connectivity index (χ0) is 14.8. The Morgan fingerprint density at radius 1 is 1.29 bits per heavy atom. The van der Waals surface area contributed by atoms with Gasteiger partial charge in [-0.05, 0) is 29.8 Å². The fourth-order valence-corrected chi connectivity index (χ4v) is 2.76. The SMILES string of the molecule is O=C(O)c1cc(CSc2nnc3ccccn23)ccc1F. The Bertz CT molecular complexity index is 819. The van der Waals surface area contributed by atoms with Crippen LogP contribution in [0.15, 0.2) is 47.8 Å². The van der Waals surface area contributed by atoms with Crippen molar-refractivity contribution in [2.75, 3.05) is 0 Å². The second-order valence-electron chi connectivity index (χ2n) is 4.32. The Labute approximate surface area is 123 Å². The summed E-state index contributed by atoms with van der Waals surface area (Å²) in [4.78, 5) is 10.9. The van der Waals surface area contributed by atoms with E-state index in [0.29, 0.717) is 16.5 Å². The molecule has 0 amide bonds. The van der Waals surface area contributed by atoms with Crippen LogP contribution >= 0.6 is 11.8 Å². The fourth-order valence-electron chi connectivity index (χ4n) is 1.89. The highest BCUT2D eigenvalue weighted by Crippen LogP contribution is 2.22. The van der Waals surface area contributed by atoms with Crippen molar-refractivity contribution in [3.63, 3.8) is 0 Å². The molecule has 3 aromatic rings. The number of carboxylic acids is 1. The molecule has 0 saturated carbocycles. The summed E-state index contributed by atoms with van der Waals surface area (Å²) in [6.45, 7) is 0. The lowest BCUT2D eigenvalue weighted by atomic mass is 10.1. The predicted octanol–water partition coefficient (Wildman–Crippen LogP) is 2.86. The van der Waals surface area contributed by atoms with Gasteiger partial charge >= 0.3 is 5.97 Å². The molecule has 7 heteroatoms. The van der Waals surface area contributed by atoms with Crippen LogP contribution in [0.4, 0.5) is 4.39 Å². The van der Waals surface area contributed by atoms with Gasteiger partial charge in [-0.1, -0.05) is 23.9 Å². The highest BCUT2D eigenvalue weighted by atomic mass is 32.2. The molecule has 0 aliphatic carbocycles. The van der Waals surface area contributed by atoms with Crippen LogP contribution in [0.3, 0.4) is 0 Å². The van der Waals surface area contributed by atoms with E-state index in [4.69, 9.17) is 5.11 Å². The average molecular weight is 303 g/mol. The van der Waals surface area contributed by atoms with Gasteiger partial charge in [0.15, 0.2) is 10.8 Å². The number of hydrogen-bond donors (Lipinski definition) is 1. The normalized spacial score (nSPS) is 10.9. The predicted molar refractivity (Wildman–Crippen MR) is 75.9 cm³/mol. The first-order valence-corrected chi connectivity index (χ1v) is 7.08. The Balaban J connectivity index is 1.82. The number of pyridine rings is 1. The number of aromatic carboxylic acids is 1. The van der Waals surface area contributed by atoms with Gasteiger partial charge in [0.2, 0.25) is 0 Å². The van der Waals surface area contributed by atoms with E-state index in [-0.39, 0.29) is 5.56 Å². The summed E-state index contributed by atoms with van der Waals surface area (Å²) < 4.78 is 15.2. The molecule has 0 aliphatic heterocycles. The van der Waals surface area contributed by atoms with Crippen molar-refractivity contribution >= 4 is 23.4 Å². The Kier molecular flexibility index (Phi) is 3.57. The van der Waals surface area contributed by atoms with Gasteiger partial charge in [-0.15, -0.1) is 10.2 Å². The van der Waals surface area contributed by atoms with Crippen molar-refractivity contribution in [2.45, 2.75) is 10.9 Å². The van der Waals surface area contributed by atoms with Gasteiger partial charge in [-0.3, -0.25) is 4.40 Å². The molecule has 0 radical (unpaired) electrons. The standard InChI is InChI=1S/C14H10FN3O2S/c15-11-5-4-9(7-10(11)13(19)20)8-21-14-17-16-12-3-1-2-6-18(12)14/h1-7H,8H2,(H,19,20). The number of benzene rings is 1. The molecule has 106 valence electrons. The van der Waals surface area contributed by atoms with Gasteiger partial charge in [-0.2, -0.15) is 0 Å². The van der Waals surface area contributed by atoms with Crippen LogP contribution in [0, 0.1) is 5.82 Å². The molecule has 0 fully saturated rings. The maximum atomic E-state index is 13.3. The molecule has 0 bridgehead atoms. The maximum Gasteiger partial charge on any atom is 0.338 e. The second kappa shape index (κ2) is 5.53. The van der Waals surface area contributed by atoms with Crippen LogP contribution < -0.4 is 0 Å². The first kappa shape index (κ1) is 13.6. The number of fused-ring (bicyclic) bond motifs is 1. The number of aromatic nitrogens is 3. The summed E-state index contributed by atoms with van der Waals surface area (Å²) >= 11 is 1.41. The van der Waals surface area contributed by atoms with Crippen LogP contribution in [0.25, 0.3) is 5.65 Å². The number of carboxylic acid groups (broad SMARTS) is 1. The highest BCUT2D eigenvalue weighted by molar-refractivity contribution is 7.98. The molecule has 0 unspecified atom stereocenters. The van der Waals surface area contributed by atoms with E-state index >= 15 is 0 Å². The molecular formula is C14H10FN3O2S. The molecule has 2 aromatic heterocycles. The summed E-state index contributed by atoms with van der Waals surface area (Å²) in [5.74, 6) is -1.52. The third-order valence-electron chi connectivity index (χ3n) is 2.91. The lowest BCUT2D eigenvalue weighted by Crippen LogP contribution is -2.01. The Hall–Kier alpha value is -2.41. The summed E-state index contributed by atoms with van der Waals surface area (Å²) in [5.41, 5.74) is 1.14. The number of halogens is 1. The maximum absolute atomic E-state index is 13.3. The van der Waals surface area contributed by atoms with E-state index < -0.39 is 11.8 Å². The zero-order valence-corrected chi connectivity index (χ0v) is 11.5. The van der Waals surface area contributed by atoms with E-state index in [9.17, 15) is 9.18 Å². The minimum atomic E-state index is -1.27. The minimum absolute atomic E-state index is 0.320. The topological polar surface area (TPSA) is 67.5 Å². The second-order valence-corrected chi connectivity index (χ2v) is 5.26. The molecule has 21 heavy (non-hydrogen) atoms. The van der Waals surface area contributed by atoms with Crippen molar-refractivity contribution in [1.29, 1.82) is 0 Å². The molecule has 3 rings (SSSR count).